The van der Waals surface area contributed by atoms with Crippen LogP contribution in [0.15, 0.2) is 12.4 Å². The number of aromatic nitrogens is 4. The maximum absolute atomic E-state index is 11.7. The lowest BCUT2D eigenvalue weighted by molar-refractivity contribution is -0.0288. The van der Waals surface area contributed by atoms with E-state index in [9.17, 15) is 9.67 Å². The highest BCUT2D eigenvalue weighted by Gasteiger charge is 2.69. The van der Waals surface area contributed by atoms with Crippen molar-refractivity contribution in [1.82, 2.24) is 19.6 Å². The van der Waals surface area contributed by atoms with Gasteiger partial charge in [0.25, 0.3) is 0 Å². The van der Waals surface area contributed by atoms with Crippen molar-refractivity contribution < 1.29 is 33.6 Å². The van der Waals surface area contributed by atoms with Crippen molar-refractivity contribution in [3.05, 3.63) is 18.2 Å². The Labute approximate surface area is 141 Å². The molecule has 0 radical (unpaired) electrons. The van der Waals surface area contributed by atoms with Crippen molar-refractivity contribution in [2.45, 2.75) is 24.4 Å². The summed E-state index contributed by atoms with van der Waals surface area (Å²) in [5.41, 5.74) is 6.06. The summed E-state index contributed by atoms with van der Waals surface area (Å²) >= 11 is 0. The second-order valence-corrected chi connectivity index (χ2v) is 9.28. The highest BCUT2D eigenvalue weighted by atomic mass is 31.2. The number of ether oxygens (including phenoxy) is 1. The number of hydrogen-bond donors (Lipinski definition) is 5. The van der Waals surface area contributed by atoms with Crippen LogP contribution in [0.1, 0.15) is 11.9 Å². The number of hydrogen-bond acceptors (Lipinski definition) is 11. The molecule has 0 aromatic carbocycles. The van der Waals surface area contributed by atoms with Gasteiger partial charge in [-0.15, -0.1) is 14.7 Å². The van der Waals surface area contributed by atoms with Crippen LogP contribution in [0.5, 0.6) is 0 Å². The minimum Gasteiger partial charge on any atom is -0.389 e. The van der Waals surface area contributed by atoms with Gasteiger partial charge in [0.2, 0.25) is 5.65 Å². The van der Waals surface area contributed by atoms with Gasteiger partial charge in [0.15, 0.2) is 11.6 Å². The number of anilines is 1. The smallest absolute Gasteiger partial charge is 0.389 e. The summed E-state index contributed by atoms with van der Waals surface area (Å²) in [4.78, 5) is 30.6. The van der Waals surface area contributed by atoms with E-state index in [-0.39, 0.29) is 5.82 Å². The molecule has 12 nitrogen and oxygen atoms in total. The number of aliphatic hydroxyl groups excluding tert-OH is 1. The Bertz CT molecular complexity index is 842. The van der Waals surface area contributed by atoms with E-state index in [1.807, 2.05) is 0 Å². The SMILES string of the molecule is Nc1nccn2c(C3O[C@@H]4C(O[P+](=O)C[P+](O)(O)O)C4[C@H]3O)nnc12. The highest BCUT2D eigenvalue weighted by Crippen LogP contribution is 2.59. The number of fused-ring (bicyclic) bond motifs is 2. The molecule has 2 fully saturated rings. The van der Waals surface area contributed by atoms with E-state index in [1.54, 1.807) is 10.6 Å². The van der Waals surface area contributed by atoms with E-state index in [0.717, 1.165) is 0 Å². The van der Waals surface area contributed by atoms with Crippen LogP contribution in [0.3, 0.4) is 0 Å². The number of nitrogen functional groups attached to an aromatic ring is 1. The molecule has 1 saturated carbocycles. The van der Waals surface area contributed by atoms with Gasteiger partial charge in [0.05, 0.1) is 18.1 Å². The first-order valence-electron chi connectivity index (χ1n) is 7.22. The van der Waals surface area contributed by atoms with Gasteiger partial charge in [-0.1, -0.05) is 0 Å². The first-order chi connectivity index (χ1) is 11.8. The van der Waals surface area contributed by atoms with Crippen LogP contribution in [-0.2, 0) is 13.8 Å². The van der Waals surface area contributed by atoms with Gasteiger partial charge in [-0.05, 0) is 4.57 Å². The molecule has 6 N–H and O–H groups in total. The summed E-state index contributed by atoms with van der Waals surface area (Å²) in [7, 11) is -6.66. The molecule has 134 valence electrons. The molecule has 0 amide bonds. The van der Waals surface area contributed by atoms with Gasteiger partial charge in [-0.2, -0.15) is 14.7 Å². The van der Waals surface area contributed by atoms with Crippen LogP contribution >= 0.6 is 16.0 Å². The molecule has 1 aliphatic heterocycles. The number of nitrogens with two attached hydrogens (primary N) is 1. The summed E-state index contributed by atoms with van der Waals surface area (Å²) in [6.45, 7) is 0. The zero-order valence-corrected chi connectivity index (χ0v) is 14.3. The van der Waals surface area contributed by atoms with Gasteiger partial charge in [0.1, 0.15) is 12.2 Å². The topological polar surface area (TPSA) is 186 Å². The zero-order valence-electron chi connectivity index (χ0n) is 12.5. The molecule has 4 rings (SSSR count). The molecular formula is C11H15N5O7P2+2. The summed E-state index contributed by atoms with van der Waals surface area (Å²) in [6, 6.07) is 0. The average molecular weight is 391 g/mol. The van der Waals surface area contributed by atoms with Crippen LogP contribution in [0.2, 0.25) is 0 Å². The van der Waals surface area contributed by atoms with E-state index in [1.165, 1.54) is 6.20 Å². The van der Waals surface area contributed by atoms with Crippen LogP contribution < -0.4 is 5.73 Å². The minimum absolute atomic E-state index is 0.195. The number of rotatable bonds is 5. The van der Waals surface area contributed by atoms with Crippen molar-refractivity contribution in [2.75, 3.05) is 11.6 Å². The van der Waals surface area contributed by atoms with Crippen molar-refractivity contribution >= 4 is 27.4 Å². The predicted molar refractivity (Wildman–Crippen MR) is 83.2 cm³/mol. The quantitative estimate of drug-likeness (QED) is 0.392. The molecule has 6 atom stereocenters. The van der Waals surface area contributed by atoms with Crippen LogP contribution in [0.4, 0.5) is 5.82 Å². The van der Waals surface area contributed by atoms with Gasteiger partial charge in [-0.3, -0.25) is 4.40 Å². The molecule has 3 heterocycles. The first kappa shape index (κ1) is 17.1. The summed E-state index contributed by atoms with van der Waals surface area (Å²) in [6.07, 6.45) is 0.185. The van der Waals surface area contributed by atoms with Crippen LogP contribution in [-0.4, -0.2) is 63.6 Å². The monoisotopic (exact) mass is 391 g/mol. The normalized spacial score (nSPS) is 32.0. The van der Waals surface area contributed by atoms with Crippen LogP contribution in [0, 0.1) is 5.92 Å². The van der Waals surface area contributed by atoms with Gasteiger partial charge in [0, 0.05) is 12.4 Å². The van der Waals surface area contributed by atoms with Gasteiger partial charge >= 0.3 is 21.9 Å². The third-order valence-electron chi connectivity index (χ3n) is 4.13. The molecule has 14 heteroatoms. The molecule has 0 spiro atoms. The van der Waals surface area contributed by atoms with E-state index in [2.05, 4.69) is 15.2 Å². The lowest BCUT2D eigenvalue weighted by Crippen LogP contribution is -2.24. The largest absolute Gasteiger partial charge is 0.557 e. The van der Waals surface area contributed by atoms with Gasteiger partial charge in [-0.25, -0.2) is 4.98 Å². The lowest BCUT2D eigenvalue weighted by Gasteiger charge is -2.16. The lowest BCUT2D eigenvalue weighted by atomic mass is 10.1. The second kappa shape index (κ2) is 5.83. The molecule has 1 saturated heterocycles. The molecular weight excluding hydrogens is 376 g/mol. The Morgan fingerprint density at radius 3 is 2.80 bits per heavy atom. The maximum Gasteiger partial charge on any atom is 0.557 e. The molecule has 2 aliphatic rings. The minimum atomic E-state index is -4.18. The predicted octanol–water partition coefficient (Wildman–Crippen LogP) is -1.04. The Balaban J connectivity index is 1.46. The number of aliphatic hydroxyl groups is 1. The maximum atomic E-state index is 11.7. The number of nitrogens with zero attached hydrogens (tertiary/aromatic N) is 4. The Kier molecular flexibility index (Phi) is 3.98. The van der Waals surface area contributed by atoms with Crippen molar-refractivity contribution in [3.8, 4) is 0 Å². The molecule has 2 aromatic rings. The second-order valence-electron chi connectivity index (χ2n) is 5.89. The zero-order chi connectivity index (χ0) is 17.9. The Morgan fingerprint density at radius 1 is 1.40 bits per heavy atom. The van der Waals surface area contributed by atoms with E-state index < -0.39 is 52.2 Å². The van der Waals surface area contributed by atoms with E-state index >= 15 is 0 Å². The van der Waals surface area contributed by atoms with Crippen molar-refractivity contribution in [2.24, 2.45) is 5.92 Å². The van der Waals surface area contributed by atoms with Gasteiger partial charge < -0.3 is 15.6 Å². The Morgan fingerprint density at radius 2 is 2.16 bits per heavy atom. The fourth-order valence-corrected chi connectivity index (χ4v) is 5.05. The fraction of sp³-hybridized carbons (Fsp3) is 0.545. The third kappa shape index (κ3) is 3.01. The fourth-order valence-electron chi connectivity index (χ4n) is 3.01. The summed E-state index contributed by atoms with van der Waals surface area (Å²) < 4.78 is 24.1. The third-order valence-corrected chi connectivity index (χ3v) is 7.05. The molecule has 2 aromatic heterocycles. The summed E-state index contributed by atoms with van der Waals surface area (Å²) in [5, 5.41) is 18.4. The first-order valence-corrected chi connectivity index (χ1v) is 10.4. The highest BCUT2D eigenvalue weighted by molar-refractivity contribution is 7.69. The average Bonchev–Trinajstić information content (AvgIpc) is 2.85. The Hall–Kier alpha value is -1.36. The van der Waals surface area contributed by atoms with Crippen LogP contribution in [0.25, 0.3) is 5.65 Å². The van der Waals surface area contributed by atoms with E-state index in [0.29, 0.717) is 11.5 Å². The van der Waals surface area contributed by atoms with Crippen molar-refractivity contribution in [1.29, 1.82) is 0 Å². The molecule has 4 unspecified atom stereocenters. The molecule has 1 aliphatic carbocycles. The summed E-state index contributed by atoms with van der Waals surface area (Å²) in [5.74, 6) is -0.628. The van der Waals surface area contributed by atoms with Crippen molar-refractivity contribution in [3.63, 3.8) is 0 Å². The standard InChI is InChI=1S/C11H15N5O7P2/c12-9-11-15-14-10(16(11)2-1-13-9)8-5(17)4-6(22-8)7(4)23-24(18)3-25(19,20)21/h1-2,4-8,17,19-21H,3H2,(H2,12,13)/q+2/t4?,5-,6+,7?,8?/m1/s1. The molecule has 0 bridgehead atoms. The molecule has 25 heavy (non-hydrogen) atoms. The van der Waals surface area contributed by atoms with E-state index in [4.69, 9.17) is 29.7 Å².